The minimum atomic E-state index is -1.81. The Hall–Kier alpha value is -2.20. The van der Waals surface area contributed by atoms with E-state index in [0.29, 0.717) is 0 Å². The SMILES string of the molecule is O=C(N[C@@H]1[C@@H](O)[C@@H](O)[C@@H](C(=O)O)O[C@@H]1O)OCc1ccccc1. The Kier molecular flexibility index (Phi) is 5.50. The summed E-state index contributed by atoms with van der Waals surface area (Å²) in [7, 11) is 0. The van der Waals surface area contributed by atoms with Crippen molar-refractivity contribution in [2.45, 2.75) is 37.3 Å². The first kappa shape index (κ1) is 17.2. The van der Waals surface area contributed by atoms with Crippen LogP contribution in [-0.4, -0.2) is 63.1 Å². The molecule has 5 N–H and O–H groups in total. The maximum absolute atomic E-state index is 11.7. The monoisotopic (exact) mass is 327 g/mol. The third kappa shape index (κ3) is 4.17. The predicted octanol–water partition coefficient (Wildman–Crippen LogP) is -1.19. The Bertz CT molecular complexity index is 551. The summed E-state index contributed by atoms with van der Waals surface area (Å²) < 4.78 is 9.59. The highest BCUT2D eigenvalue weighted by Gasteiger charge is 2.47. The van der Waals surface area contributed by atoms with Gasteiger partial charge in [0.15, 0.2) is 12.4 Å². The molecule has 5 atom stereocenters. The number of aliphatic hydroxyl groups excluding tert-OH is 3. The molecule has 126 valence electrons. The number of amides is 1. The van der Waals surface area contributed by atoms with Crippen LogP contribution in [0.25, 0.3) is 0 Å². The van der Waals surface area contributed by atoms with Crippen LogP contribution in [0.5, 0.6) is 0 Å². The fourth-order valence-corrected chi connectivity index (χ4v) is 2.14. The number of aliphatic carboxylic acids is 1. The Balaban J connectivity index is 1.91. The van der Waals surface area contributed by atoms with E-state index in [9.17, 15) is 24.9 Å². The molecule has 1 fully saturated rings. The van der Waals surface area contributed by atoms with Crippen LogP contribution in [-0.2, 0) is 20.9 Å². The maximum Gasteiger partial charge on any atom is 0.407 e. The lowest BCUT2D eigenvalue weighted by Crippen LogP contribution is -2.65. The molecule has 9 nitrogen and oxygen atoms in total. The molecular weight excluding hydrogens is 310 g/mol. The minimum Gasteiger partial charge on any atom is -0.479 e. The summed E-state index contributed by atoms with van der Waals surface area (Å²) in [6.07, 6.45) is -8.10. The van der Waals surface area contributed by atoms with Crippen molar-refractivity contribution in [1.29, 1.82) is 0 Å². The fourth-order valence-electron chi connectivity index (χ4n) is 2.14. The van der Waals surface area contributed by atoms with Crippen LogP contribution in [0, 0.1) is 0 Å². The molecule has 0 aromatic heterocycles. The number of carboxylic acid groups (broad SMARTS) is 1. The maximum atomic E-state index is 11.7. The number of rotatable bonds is 4. The highest BCUT2D eigenvalue weighted by atomic mass is 16.6. The van der Waals surface area contributed by atoms with Crippen molar-refractivity contribution in [2.24, 2.45) is 0 Å². The summed E-state index contributed by atoms with van der Waals surface area (Å²) in [6, 6.07) is 7.38. The van der Waals surface area contributed by atoms with E-state index in [4.69, 9.17) is 9.84 Å². The van der Waals surface area contributed by atoms with E-state index in [0.717, 1.165) is 5.56 Å². The van der Waals surface area contributed by atoms with Crippen molar-refractivity contribution >= 4 is 12.1 Å². The first-order valence-corrected chi connectivity index (χ1v) is 6.80. The van der Waals surface area contributed by atoms with E-state index in [2.05, 4.69) is 10.1 Å². The molecule has 0 aliphatic carbocycles. The first-order valence-electron chi connectivity index (χ1n) is 6.80. The average Bonchev–Trinajstić information content (AvgIpc) is 2.53. The number of carbonyl (C=O) groups excluding carboxylic acids is 1. The molecule has 1 aromatic carbocycles. The normalized spacial score (nSPS) is 30.5. The molecule has 2 rings (SSSR count). The zero-order chi connectivity index (χ0) is 17.0. The molecular formula is C14H17NO8. The number of nitrogens with one attached hydrogen (secondary N) is 1. The van der Waals surface area contributed by atoms with Gasteiger partial charge in [-0.3, -0.25) is 0 Å². The molecule has 0 bridgehead atoms. The van der Waals surface area contributed by atoms with Crippen LogP contribution < -0.4 is 5.32 Å². The van der Waals surface area contributed by atoms with Crippen molar-refractivity contribution in [3.8, 4) is 0 Å². The van der Waals surface area contributed by atoms with E-state index < -0.39 is 42.7 Å². The van der Waals surface area contributed by atoms with Gasteiger partial charge in [-0.25, -0.2) is 9.59 Å². The Morgan fingerprint density at radius 2 is 1.78 bits per heavy atom. The first-order chi connectivity index (χ1) is 10.9. The summed E-state index contributed by atoms with van der Waals surface area (Å²) in [5.41, 5.74) is 0.731. The number of carbonyl (C=O) groups is 2. The second-order valence-electron chi connectivity index (χ2n) is 5.00. The molecule has 0 saturated carbocycles. The van der Waals surface area contributed by atoms with Gasteiger partial charge in [-0.05, 0) is 5.56 Å². The second-order valence-corrected chi connectivity index (χ2v) is 5.00. The number of ether oxygens (including phenoxy) is 2. The largest absolute Gasteiger partial charge is 0.479 e. The molecule has 1 saturated heterocycles. The number of benzene rings is 1. The lowest BCUT2D eigenvalue weighted by Gasteiger charge is -2.38. The summed E-state index contributed by atoms with van der Waals surface area (Å²) in [4.78, 5) is 22.5. The molecule has 1 aliphatic rings. The fraction of sp³-hybridized carbons (Fsp3) is 0.429. The van der Waals surface area contributed by atoms with Crippen molar-refractivity contribution in [3.63, 3.8) is 0 Å². The molecule has 0 spiro atoms. The average molecular weight is 327 g/mol. The molecule has 0 radical (unpaired) electrons. The zero-order valence-corrected chi connectivity index (χ0v) is 11.9. The summed E-state index contributed by atoms with van der Waals surface area (Å²) in [5, 5.41) is 40.1. The number of carboxylic acids is 1. The van der Waals surface area contributed by atoms with E-state index in [-0.39, 0.29) is 6.61 Å². The number of alkyl carbamates (subject to hydrolysis) is 1. The van der Waals surface area contributed by atoms with Crippen LogP contribution in [0.15, 0.2) is 30.3 Å². The smallest absolute Gasteiger partial charge is 0.407 e. The summed E-state index contributed by atoms with van der Waals surface area (Å²) in [6.45, 7) is -0.0350. The van der Waals surface area contributed by atoms with E-state index in [1.54, 1.807) is 30.3 Å². The number of hydrogen-bond donors (Lipinski definition) is 5. The van der Waals surface area contributed by atoms with Gasteiger partial charge in [-0.15, -0.1) is 0 Å². The van der Waals surface area contributed by atoms with Crippen LogP contribution >= 0.6 is 0 Å². The van der Waals surface area contributed by atoms with Gasteiger partial charge in [0.2, 0.25) is 0 Å². The predicted molar refractivity (Wildman–Crippen MR) is 74.1 cm³/mol. The second kappa shape index (κ2) is 7.38. The van der Waals surface area contributed by atoms with Gasteiger partial charge in [-0.2, -0.15) is 0 Å². The highest BCUT2D eigenvalue weighted by molar-refractivity contribution is 5.73. The van der Waals surface area contributed by atoms with E-state index >= 15 is 0 Å². The van der Waals surface area contributed by atoms with E-state index in [1.165, 1.54) is 0 Å². The minimum absolute atomic E-state index is 0.0350. The lowest BCUT2D eigenvalue weighted by molar-refractivity contribution is -0.248. The summed E-state index contributed by atoms with van der Waals surface area (Å²) in [5.74, 6) is -1.54. The van der Waals surface area contributed by atoms with E-state index in [1.807, 2.05) is 0 Å². The van der Waals surface area contributed by atoms with Crippen molar-refractivity contribution < 1.29 is 39.5 Å². The topological polar surface area (TPSA) is 146 Å². The molecule has 1 aliphatic heterocycles. The van der Waals surface area contributed by atoms with Crippen molar-refractivity contribution in [1.82, 2.24) is 5.32 Å². The van der Waals surface area contributed by atoms with Crippen LogP contribution in [0.1, 0.15) is 5.56 Å². The molecule has 9 heteroatoms. The molecule has 1 aromatic rings. The molecule has 1 amide bonds. The van der Waals surface area contributed by atoms with Gasteiger partial charge in [0.25, 0.3) is 0 Å². The van der Waals surface area contributed by atoms with Crippen LogP contribution in [0.4, 0.5) is 4.79 Å². The van der Waals surface area contributed by atoms with Gasteiger partial charge in [0.05, 0.1) is 0 Å². The van der Waals surface area contributed by atoms with Gasteiger partial charge in [0, 0.05) is 0 Å². The third-order valence-corrected chi connectivity index (χ3v) is 3.36. The molecule has 0 unspecified atom stereocenters. The van der Waals surface area contributed by atoms with Gasteiger partial charge < -0.3 is 35.2 Å². The van der Waals surface area contributed by atoms with Gasteiger partial charge in [-0.1, -0.05) is 30.3 Å². The highest BCUT2D eigenvalue weighted by Crippen LogP contribution is 2.20. The molecule has 1 heterocycles. The Morgan fingerprint density at radius 1 is 1.13 bits per heavy atom. The van der Waals surface area contributed by atoms with Crippen LogP contribution in [0.2, 0.25) is 0 Å². The van der Waals surface area contributed by atoms with Crippen molar-refractivity contribution in [3.05, 3.63) is 35.9 Å². The number of aliphatic hydroxyl groups is 3. The molecule has 23 heavy (non-hydrogen) atoms. The standard InChI is InChI=1S/C14H17NO8/c16-9-8(13(20)23-11(10(9)17)12(18)19)15-14(21)22-6-7-4-2-1-3-5-7/h1-5,8-11,13,16-17,20H,6H2,(H,15,21)(H,18,19)/t8-,9-,10-,11+,13+/m1/s1. The Labute approximate surface area is 131 Å². The van der Waals surface area contributed by atoms with Crippen molar-refractivity contribution in [2.75, 3.05) is 0 Å². The third-order valence-electron chi connectivity index (χ3n) is 3.36. The van der Waals surface area contributed by atoms with Gasteiger partial charge in [0.1, 0.15) is 24.9 Å². The van der Waals surface area contributed by atoms with Crippen LogP contribution in [0.3, 0.4) is 0 Å². The van der Waals surface area contributed by atoms with Gasteiger partial charge >= 0.3 is 12.1 Å². The Morgan fingerprint density at radius 3 is 2.39 bits per heavy atom. The zero-order valence-electron chi connectivity index (χ0n) is 11.9. The quantitative estimate of drug-likeness (QED) is 0.464. The lowest BCUT2D eigenvalue weighted by atomic mass is 9.97. The summed E-state index contributed by atoms with van der Waals surface area (Å²) >= 11 is 0. The number of hydrogen-bond acceptors (Lipinski definition) is 7.